The van der Waals surface area contributed by atoms with Crippen molar-refractivity contribution in [2.24, 2.45) is 0 Å². The van der Waals surface area contributed by atoms with Gasteiger partial charge in [0.2, 0.25) is 10.0 Å². The molecular formula is C24H23BrClN5O4S. The molecule has 0 aliphatic carbocycles. The van der Waals surface area contributed by atoms with Crippen LogP contribution in [0.4, 0.5) is 5.82 Å². The van der Waals surface area contributed by atoms with Gasteiger partial charge in [-0.25, -0.2) is 22.5 Å². The van der Waals surface area contributed by atoms with Gasteiger partial charge >= 0.3 is 5.97 Å². The number of carbonyl (C=O) groups is 1. The highest BCUT2D eigenvalue weighted by Gasteiger charge is 2.26. The maximum absolute atomic E-state index is 13.1. The van der Waals surface area contributed by atoms with E-state index in [1.54, 1.807) is 28.9 Å². The highest BCUT2D eigenvalue weighted by molar-refractivity contribution is 9.10. The number of anilines is 1. The maximum atomic E-state index is 13.1. The zero-order valence-corrected chi connectivity index (χ0v) is 22.6. The minimum Gasteiger partial charge on any atom is -0.465 e. The number of nitrogens with one attached hydrogen (secondary N) is 1. The normalized spacial score (nSPS) is 11.7. The minimum atomic E-state index is -3.89. The number of nitrogens with zero attached hydrogens (tertiary/aromatic N) is 4. The molecule has 0 aliphatic rings. The lowest BCUT2D eigenvalue weighted by atomic mass is 10.1. The van der Waals surface area contributed by atoms with E-state index in [2.05, 4.69) is 31.3 Å². The summed E-state index contributed by atoms with van der Waals surface area (Å²) in [6.45, 7) is 0.677. The van der Waals surface area contributed by atoms with Crippen molar-refractivity contribution < 1.29 is 17.9 Å². The molecule has 0 fully saturated rings. The fourth-order valence-electron chi connectivity index (χ4n) is 3.65. The molecule has 2 heterocycles. The molecule has 188 valence electrons. The molecule has 2 aromatic heterocycles. The number of hydrogen-bond donors (Lipinski definition) is 1. The predicted octanol–water partition coefficient (Wildman–Crippen LogP) is 4.72. The third-order valence-corrected chi connectivity index (χ3v) is 8.32. The molecule has 0 amide bonds. The largest absolute Gasteiger partial charge is 0.465 e. The van der Waals surface area contributed by atoms with Gasteiger partial charge in [-0.15, -0.1) is 0 Å². The van der Waals surface area contributed by atoms with E-state index in [9.17, 15) is 13.2 Å². The van der Waals surface area contributed by atoms with Crippen molar-refractivity contribution in [1.29, 1.82) is 0 Å². The number of carbonyl (C=O) groups excluding carboxylic acids is 1. The van der Waals surface area contributed by atoms with Gasteiger partial charge in [-0.3, -0.25) is 0 Å². The van der Waals surface area contributed by atoms with Crippen molar-refractivity contribution in [3.05, 3.63) is 75.9 Å². The van der Waals surface area contributed by atoms with E-state index in [4.69, 9.17) is 16.3 Å². The number of benzene rings is 2. The third-order valence-electron chi connectivity index (χ3n) is 5.52. The second-order valence-corrected chi connectivity index (χ2v) is 11.1. The van der Waals surface area contributed by atoms with Crippen LogP contribution < -0.4 is 5.32 Å². The molecule has 0 radical (unpaired) electrons. The molecule has 0 unspecified atom stereocenters. The summed E-state index contributed by atoms with van der Waals surface area (Å²) >= 11 is 9.86. The average Bonchev–Trinajstić information content (AvgIpc) is 3.26. The Labute approximate surface area is 222 Å². The van der Waals surface area contributed by atoms with Gasteiger partial charge in [0.05, 0.1) is 33.9 Å². The number of rotatable bonds is 9. The van der Waals surface area contributed by atoms with E-state index in [1.807, 2.05) is 24.3 Å². The first-order chi connectivity index (χ1) is 17.2. The molecule has 0 aliphatic heterocycles. The smallest absolute Gasteiger partial charge is 0.339 e. The van der Waals surface area contributed by atoms with Crippen LogP contribution in [0.25, 0.3) is 16.9 Å². The Morgan fingerprint density at radius 1 is 1.19 bits per heavy atom. The first kappa shape index (κ1) is 26.1. The van der Waals surface area contributed by atoms with E-state index >= 15 is 0 Å². The van der Waals surface area contributed by atoms with E-state index in [-0.39, 0.29) is 17.0 Å². The predicted molar refractivity (Wildman–Crippen MR) is 142 cm³/mol. The summed E-state index contributed by atoms with van der Waals surface area (Å²) in [6, 6.07) is 15.3. The summed E-state index contributed by atoms with van der Waals surface area (Å²) < 4.78 is 34.6. The van der Waals surface area contributed by atoms with Crippen molar-refractivity contribution in [2.45, 2.75) is 11.3 Å². The van der Waals surface area contributed by atoms with E-state index in [0.29, 0.717) is 35.1 Å². The van der Waals surface area contributed by atoms with Crippen LogP contribution in [0, 0.1) is 0 Å². The van der Waals surface area contributed by atoms with Gasteiger partial charge in [0.25, 0.3) is 0 Å². The van der Waals surface area contributed by atoms with E-state index < -0.39 is 16.0 Å². The van der Waals surface area contributed by atoms with Crippen molar-refractivity contribution in [1.82, 2.24) is 18.9 Å². The van der Waals surface area contributed by atoms with Crippen LogP contribution in [0.15, 0.2) is 70.2 Å². The van der Waals surface area contributed by atoms with Crippen LogP contribution in [0.5, 0.6) is 0 Å². The number of methoxy groups -OCH3 is 1. The average molecular weight is 593 g/mol. The summed E-state index contributed by atoms with van der Waals surface area (Å²) in [5.74, 6) is -0.0205. The number of hydrogen-bond acceptors (Lipinski definition) is 7. The molecule has 0 saturated heterocycles. The Kier molecular flexibility index (Phi) is 7.94. The van der Waals surface area contributed by atoms with Gasteiger partial charge < -0.3 is 10.1 Å². The highest BCUT2D eigenvalue weighted by Crippen LogP contribution is 2.30. The standard InChI is InChI=1S/C24H23BrClN5O4S/c1-30(36(33,34)21-11-6-4-9-17(21)24(32)35-2)13-7-12-27-22-14-20(16-8-3-5-10-19(16)26)29-23-18(25)15-28-31(22)23/h3-6,8-11,14-15,27H,7,12-13H2,1-2H3. The minimum absolute atomic E-state index is 0.000476. The summed E-state index contributed by atoms with van der Waals surface area (Å²) in [4.78, 5) is 16.6. The van der Waals surface area contributed by atoms with Crippen LogP contribution in [0.2, 0.25) is 5.02 Å². The van der Waals surface area contributed by atoms with Gasteiger partial charge in [-0.1, -0.05) is 41.9 Å². The zero-order chi connectivity index (χ0) is 25.9. The van der Waals surface area contributed by atoms with Gasteiger partial charge in [-0.05, 0) is 40.5 Å². The van der Waals surface area contributed by atoms with Gasteiger partial charge in [0.15, 0.2) is 5.65 Å². The molecule has 1 N–H and O–H groups in total. The zero-order valence-electron chi connectivity index (χ0n) is 19.5. The monoisotopic (exact) mass is 591 g/mol. The lowest BCUT2D eigenvalue weighted by Crippen LogP contribution is -2.30. The number of ether oxygens (including phenoxy) is 1. The number of sulfonamides is 1. The number of esters is 1. The molecule has 0 saturated carbocycles. The van der Waals surface area contributed by atoms with Crippen molar-refractivity contribution in [3.8, 4) is 11.3 Å². The van der Waals surface area contributed by atoms with Gasteiger partial charge in [0, 0.05) is 36.8 Å². The topological polar surface area (TPSA) is 106 Å². The highest BCUT2D eigenvalue weighted by atomic mass is 79.9. The van der Waals surface area contributed by atoms with E-state index in [1.165, 1.54) is 30.6 Å². The Hall–Kier alpha value is -2.99. The molecule has 12 heteroatoms. The Morgan fingerprint density at radius 3 is 2.67 bits per heavy atom. The summed E-state index contributed by atoms with van der Waals surface area (Å²) in [7, 11) is -1.20. The van der Waals surface area contributed by atoms with Crippen LogP contribution >= 0.6 is 27.5 Å². The van der Waals surface area contributed by atoms with Crippen LogP contribution in [0.3, 0.4) is 0 Å². The molecule has 9 nitrogen and oxygen atoms in total. The van der Waals surface area contributed by atoms with Crippen molar-refractivity contribution in [2.75, 3.05) is 32.6 Å². The fraction of sp³-hybridized carbons (Fsp3) is 0.208. The molecule has 0 bridgehead atoms. The number of fused-ring (bicyclic) bond motifs is 1. The molecule has 2 aromatic carbocycles. The Balaban J connectivity index is 1.50. The molecule has 4 rings (SSSR count). The maximum Gasteiger partial charge on any atom is 0.339 e. The lowest BCUT2D eigenvalue weighted by Gasteiger charge is -2.19. The third kappa shape index (κ3) is 5.24. The lowest BCUT2D eigenvalue weighted by molar-refractivity contribution is 0.0596. The van der Waals surface area contributed by atoms with E-state index in [0.717, 1.165) is 10.0 Å². The Morgan fingerprint density at radius 2 is 1.92 bits per heavy atom. The first-order valence-corrected chi connectivity index (χ1v) is 13.5. The number of halogens is 2. The quantitative estimate of drug-likeness (QED) is 0.221. The molecule has 4 aromatic rings. The molecule has 36 heavy (non-hydrogen) atoms. The van der Waals surface area contributed by atoms with Crippen molar-refractivity contribution >= 4 is 55.0 Å². The van der Waals surface area contributed by atoms with Gasteiger partial charge in [-0.2, -0.15) is 9.61 Å². The fourth-order valence-corrected chi connectivity index (χ4v) is 5.61. The molecule has 0 atom stereocenters. The summed E-state index contributed by atoms with van der Waals surface area (Å²) in [5, 5.41) is 8.26. The first-order valence-electron chi connectivity index (χ1n) is 10.9. The second-order valence-electron chi connectivity index (χ2n) is 7.83. The van der Waals surface area contributed by atoms with Crippen molar-refractivity contribution in [3.63, 3.8) is 0 Å². The Bertz CT molecular complexity index is 1530. The summed E-state index contributed by atoms with van der Waals surface area (Å²) in [5.41, 5.74) is 2.08. The summed E-state index contributed by atoms with van der Waals surface area (Å²) in [6.07, 6.45) is 2.15. The SMILES string of the molecule is COC(=O)c1ccccc1S(=O)(=O)N(C)CCCNc1cc(-c2ccccc2Cl)nc2c(Br)cnn12. The van der Waals surface area contributed by atoms with Crippen LogP contribution in [0.1, 0.15) is 16.8 Å². The van der Waals surface area contributed by atoms with Crippen LogP contribution in [-0.2, 0) is 14.8 Å². The number of aromatic nitrogens is 3. The van der Waals surface area contributed by atoms with Gasteiger partial charge in [0.1, 0.15) is 5.82 Å². The molecular weight excluding hydrogens is 570 g/mol. The van der Waals surface area contributed by atoms with Crippen LogP contribution in [-0.4, -0.2) is 60.5 Å². The molecule has 0 spiro atoms. The second kappa shape index (κ2) is 11.0.